The second kappa shape index (κ2) is 7.08. The highest BCUT2D eigenvalue weighted by molar-refractivity contribution is 8.03. The van der Waals surface area contributed by atoms with Gasteiger partial charge in [-0.1, -0.05) is 19.1 Å². The van der Waals surface area contributed by atoms with E-state index in [1.165, 1.54) is 11.8 Å². The molecule has 1 rings (SSSR count). The Hall–Kier alpha value is -1.34. The van der Waals surface area contributed by atoms with E-state index >= 15 is 0 Å². The number of nitriles is 1. The van der Waals surface area contributed by atoms with Crippen LogP contribution in [0.15, 0.2) is 18.2 Å². The lowest BCUT2D eigenvalue weighted by Gasteiger charge is -2.13. The normalized spacial score (nSPS) is 11.8. The molecule has 0 saturated carbocycles. The molecule has 0 radical (unpaired) electrons. The van der Waals surface area contributed by atoms with Crippen molar-refractivity contribution in [3.63, 3.8) is 0 Å². The van der Waals surface area contributed by atoms with Crippen LogP contribution in [0.4, 0.5) is 0 Å². The van der Waals surface area contributed by atoms with Crippen LogP contribution in [0.2, 0.25) is 0 Å². The number of thioether (sulfide) groups is 1. The molecule has 1 aromatic carbocycles. The maximum absolute atomic E-state index is 10.00. The summed E-state index contributed by atoms with van der Waals surface area (Å²) in [5.74, 6) is 1.88. The van der Waals surface area contributed by atoms with E-state index in [1.54, 1.807) is 6.07 Å². The lowest BCUT2D eigenvalue weighted by Crippen LogP contribution is -2.03. The van der Waals surface area contributed by atoms with Gasteiger partial charge in [0.15, 0.2) is 11.5 Å². The molecule has 0 saturated heterocycles. The van der Waals surface area contributed by atoms with Gasteiger partial charge in [0.2, 0.25) is 0 Å². The third-order valence-corrected chi connectivity index (χ3v) is 3.25. The van der Waals surface area contributed by atoms with Crippen molar-refractivity contribution >= 4 is 11.8 Å². The summed E-state index contributed by atoms with van der Waals surface area (Å²) in [6.45, 7) is 4.49. The summed E-state index contributed by atoms with van der Waals surface area (Å²) < 4.78 is 5.33. The Bertz CT molecular complexity index is 401. The predicted octanol–water partition coefficient (Wildman–Crippen LogP) is 3.18. The number of hydrogen-bond donors (Lipinski definition) is 1. The Morgan fingerprint density at radius 3 is 2.94 bits per heavy atom. The van der Waals surface area contributed by atoms with Crippen LogP contribution in [0.3, 0.4) is 0 Å². The molecular weight excluding hydrogens is 234 g/mol. The minimum Gasteiger partial charge on any atom is -0.504 e. The van der Waals surface area contributed by atoms with Crippen molar-refractivity contribution in [2.75, 3.05) is 12.4 Å². The monoisotopic (exact) mass is 251 g/mol. The third kappa shape index (κ3) is 4.20. The Labute approximate surface area is 106 Å². The number of phenols is 1. The number of nitrogens with zero attached hydrogens (tertiary/aromatic N) is 1. The minimum atomic E-state index is 0.225. The zero-order valence-electron chi connectivity index (χ0n) is 10.1. The number of para-hydroxylation sites is 1. The van der Waals surface area contributed by atoms with Crippen molar-refractivity contribution in [3.8, 4) is 16.9 Å². The van der Waals surface area contributed by atoms with Crippen LogP contribution >= 0.6 is 11.8 Å². The van der Waals surface area contributed by atoms with Crippen LogP contribution in [-0.4, -0.2) is 17.5 Å². The summed E-state index contributed by atoms with van der Waals surface area (Å²) in [7, 11) is 0. The van der Waals surface area contributed by atoms with E-state index in [0.29, 0.717) is 18.3 Å². The van der Waals surface area contributed by atoms with Crippen molar-refractivity contribution in [2.45, 2.75) is 20.3 Å². The maximum atomic E-state index is 10.00. The van der Waals surface area contributed by atoms with Gasteiger partial charge in [0.05, 0.1) is 6.61 Å². The van der Waals surface area contributed by atoms with Crippen molar-refractivity contribution < 1.29 is 9.84 Å². The van der Waals surface area contributed by atoms with Gasteiger partial charge in [0, 0.05) is 5.75 Å². The lowest BCUT2D eigenvalue weighted by atomic mass is 10.0. The summed E-state index contributed by atoms with van der Waals surface area (Å²) in [4.78, 5) is 0. The lowest BCUT2D eigenvalue weighted by molar-refractivity contribution is 0.316. The van der Waals surface area contributed by atoms with Crippen molar-refractivity contribution in [1.29, 1.82) is 5.26 Å². The number of hydrogen-bond acceptors (Lipinski definition) is 4. The molecule has 3 nitrogen and oxygen atoms in total. The number of phenolic OH excluding ortho intramolecular Hbond substituents is 1. The summed E-state index contributed by atoms with van der Waals surface area (Å²) in [6, 6.07) is 5.53. The number of aromatic hydroxyl groups is 1. The van der Waals surface area contributed by atoms with Crippen LogP contribution in [-0.2, 0) is 6.42 Å². The first-order valence-corrected chi connectivity index (χ1v) is 6.62. The van der Waals surface area contributed by atoms with Gasteiger partial charge in [-0.3, -0.25) is 0 Å². The zero-order chi connectivity index (χ0) is 12.7. The molecule has 0 aliphatic carbocycles. The molecule has 1 N–H and O–H groups in total. The van der Waals surface area contributed by atoms with Crippen LogP contribution in [0.1, 0.15) is 19.4 Å². The Morgan fingerprint density at radius 1 is 1.53 bits per heavy atom. The molecule has 0 aromatic heterocycles. The molecular formula is C13H17NO2S. The number of benzene rings is 1. The SMILES string of the molecule is CCOc1cccc(CC(C)CSC#N)c1O. The molecule has 0 heterocycles. The molecule has 1 aromatic rings. The first kappa shape index (κ1) is 13.7. The fourth-order valence-corrected chi connectivity index (χ4v) is 2.10. The molecule has 92 valence electrons. The average Bonchev–Trinajstić information content (AvgIpc) is 2.32. The van der Waals surface area contributed by atoms with Gasteiger partial charge in [-0.15, -0.1) is 0 Å². The summed E-state index contributed by atoms with van der Waals surface area (Å²) >= 11 is 1.25. The van der Waals surface area contributed by atoms with Crippen molar-refractivity contribution in [1.82, 2.24) is 0 Å². The maximum Gasteiger partial charge on any atom is 0.161 e. The van der Waals surface area contributed by atoms with Gasteiger partial charge < -0.3 is 9.84 Å². The smallest absolute Gasteiger partial charge is 0.161 e. The molecule has 4 heteroatoms. The third-order valence-electron chi connectivity index (χ3n) is 2.38. The van der Waals surface area contributed by atoms with Crippen molar-refractivity contribution in [2.24, 2.45) is 5.92 Å². The van der Waals surface area contributed by atoms with E-state index in [4.69, 9.17) is 10.00 Å². The van der Waals surface area contributed by atoms with Crippen LogP contribution in [0.5, 0.6) is 11.5 Å². The van der Waals surface area contributed by atoms with Gasteiger partial charge in [0.1, 0.15) is 5.40 Å². The summed E-state index contributed by atoms with van der Waals surface area (Å²) in [5, 5.41) is 20.6. The summed E-state index contributed by atoms with van der Waals surface area (Å²) in [6.07, 6.45) is 0.751. The van der Waals surface area contributed by atoms with E-state index in [-0.39, 0.29) is 5.75 Å². The van der Waals surface area contributed by atoms with Crippen LogP contribution in [0.25, 0.3) is 0 Å². The predicted molar refractivity (Wildman–Crippen MR) is 70.2 cm³/mol. The number of thiocyanates is 1. The second-order valence-electron chi connectivity index (χ2n) is 3.91. The molecule has 17 heavy (non-hydrogen) atoms. The average molecular weight is 251 g/mol. The van der Waals surface area contributed by atoms with E-state index in [9.17, 15) is 5.11 Å². The molecule has 0 aliphatic heterocycles. The Balaban J connectivity index is 2.71. The highest BCUT2D eigenvalue weighted by atomic mass is 32.2. The molecule has 0 spiro atoms. The van der Waals surface area contributed by atoms with E-state index < -0.39 is 0 Å². The van der Waals surface area contributed by atoms with E-state index in [0.717, 1.165) is 17.7 Å². The fraction of sp³-hybridized carbons (Fsp3) is 0.462. The topological polar surface area (TPSA) is 53.2 Å². The van der Waals surface area contributed by atoms with Gasteiger partial charge in [-0.05, 0) is 42.7 Å². The van der Waals surface area contributed by atoms with Crippen LogP contribution < -0.4 is 4.74 Å². The fourth-order valence-electron chi connectivity index (χ4n) is 1.62. The van der Waals surface area contributed by atoms with Gasteiger partial charge in [0.25, 0.3) is 0 Å². The number of rotatable bonds is 6. The highest BCUT2D eigenvalue weighted by Gasteiger charge is 2.11. The largest absolute Gasteiger partial charge is 0.504 e. The first-order chi connectivity index (χ1) is 8.19. The van der Waals surface area contributed by atoms with E-state index in [1.807, 2.05) is 19.1 Å². The summed E-state index contributed by atoms with van der Waals surface area (Å²) in [5.41, 5.74) is 0.877. The van der Waals surface area contributed by atoms with E-state index in [2.05, 4.69) is 12.3 Å². The van der Waals surface area contributed by atoms with Gasteiger partial charge in [-0.25, -0.2) is 0 Å². The molecule has 0 aliphatic rings. The van der Waals surface area contributed by atoms with Crippen molar-refractivity contribution in [3.05, 3.63) is 23.8 Å². The van der Waals surface area contributed by atoms with Gasteiger partial charge >= 0.3 is 0 Å². The molecule has 0 bridgehead atoms. The Morgan fingerprint density at radius 2 is 2.29 bits per heavy atom. The number of ether oxygens (including phenoxy) is 1. The first-order valence-electron chi connectivity index (χ1n) is 5.63. The second-order valence-corrected chi connectivity index (χ2v) is 4.71. The van der Waals surface area contributed by atoms with Gasteiger partial charge in [-0.2, -0.15) is 5.26 Å². The molecule has 1 atom stereocenters. The molecule has 0 amide bonds. The quantitative estimate of drug-likeness (QED) is 0.789. The zero-order valence-corrected chi connectivity index (χ0v) is 11.0. The Kier molecular flexibility index (Phi) is 5.71. The highest BCUT2D eigenvalue weighted by Crippen LogP contribution is 2.31. The van der Waals surface area contributed by atoms with Crippen LogP contribution in [0, 0.1) is 16.6 Å². The minimum absolute atomic E-state index is 0.225. The molecule has 1 unspecified atom stereocenters. The molecule has 0 fully saturated rings. The standard InChI is InChI=1S/C13H17NO2S/c1-3-16-12-6-4-5-11(13(12)15)7-10(2)8-17-9-14/h4-6,10,15H,3,7-8H2,1-2H3.